The second kappa shape index (κ2) is 4.90. The highest BCUT2D eigenvalue weighted by Crippen LogP contribution is 2.47. The van der Waals surface area contributed by atoms with Gasteiger partial charge < -0.3 is 10.2 Å². The summed E-state index contributed by atoms with van der Waals surface area (Å²) in [4.78, 5) is 2.60. The molecule has 1 aromatic rings. The third-order valence-electron chi connectivity index (χ3n) is 4.65. The van der Waals surface area contributed by atoms with E-state index in [4.69, 9.17) is 11.6 Å². The number of hydrogen-bond acceptors (Lipinski definition) is 2. The molecule has 1 spiro atoms. The third-order valence-corrected chi connectivity index (χ3v) is 4.95. The van der Waals surface area contributed by atoms with Gasteiger partial charge in [0, 0.05) is 12.6 Å². The van der Waals surface area contributed by atoms with Gasteiger partial charge in [-0.15, -0.1) is 0 Å². The standard InChI is InChI=1S/C16H23ClN2/c1-12(2)19-15-13(17)7-6-8-14(15)18-11-16(19)9-4-3-5-10-16/h6-8,12,18H,3-5,9-11H2,1-2H3. The maximum absolute atomic E-state index is 6.50. The summed E-state index contributed by atoms with van der Waals surface area (Å²) in [6, 6.07) is 6.68. The average Bonchev–Trinajstić information content (AvgIpc) is 2.40. The molecule has 0 saturated heterocycles. The van der Waals surface area contributed by atoms with Crippen molar-refractivity contribution in [2.45, 2.75) is 57.5 Å². The highest BCUT2D eigenvalue weighted by molar-refractivity contribution is 6.34. The van der Waals surface area contributed by atoms with Crippen LogP contribution in [0.15, 0.2) is 18.2 Å². The van der Waals surface area contributed by atoms with Crippen molar-refractivity contribution in [3.05, 3.63) is 23.2 Å². The summed E-state index contributed by atoms with van der Waals surface area (Å²) in [7, 11) is 0. The number of benzene rings is 1. The van der Waals surface area contributed by atoms with Crippen LogP contribution in [0.2, 0.25) is 5.02 Å². The Morgan fingerprint density at radius 2 is 1.95 bits per heavy atom. The van der Waals surface area contributed by atoms with Crippen LogP contribution in [0.3, 0.4) is 0 Å². The van der Waals surface area contributed by atoms with Gasteiger partial charge in [0.05, 0.1) is 21.9 Å². The Morgan fingerprint density at radius 1 is 1.21 bits per heavy atom. The molecule has 3 heteroatoms. The number of hydrogen-bond donors (Lipinski definition) is 1. The second-order valence-corrected chi connectivity index (χ2v) is 6.65. The Bertz CT molecular complexity index is 464. The summed E-state index contributed by atoms with van der Waals surface area (Å²) in [5.74, 6) is 0. The van der Waals surface area contributed by atoms with Crippen LogP contribution in [0.1, 0.15) is 46.0 Å². The maximum atomic E-state index is 6.50. The molecular formula is C16H23ClN2. The van der Waals surface area contributed by atoms with Crippen molar-refractivity contribution in [1.29, 1.82) is 0 Å². The van der Waals surface area contributed by atoms with E-state index in [1.807, 2.05) is 12.1 Å². The molecule has 1 saturated carbocycles. The van der Waals surface area contributed by atoms with Gasteiger partial charge in [-0.1, -0.05) is 36.9 Å². The van der Waals surface area contributed by atoms with Crippen LogP contribution in [-0.4, -0.2) is 18.1 Å². The first-order chi connectivity index (χ1) is 9.14. The molecular weight excluding hydrogens is 256 g/mol. The molecule has 1 fully saturated rings. The van der Waals surface area contributed by atoms with Gasteiger partial charge in [-0.05, 0) is 38.8 Å². The van der Waals surface area contributed by atoms with Crippen molar-refractivity contribution < 1.29 is 0 Å². The molecule has 0 amide bonds. The molecule has 1 aromatic carbocycles. The minimum absolute atomic E-state index is 0.268. The van der Waals surface area contributed by atoms with Crippen molar-refractivity contribution in [2.24, 2.45) is 0 Å². The molecule has 0 aromatic heterocycles. The van der Waals surface area contributed by atoms with E-state index in [0.717, 1.165) is 11.6 Å². The van der Waals surface area contributed by atoms with Crippen LogP contribution in [0.25, 0.3) is 0 Å². The number of anilines is 2. The Balaban J connectivity index is 2.09. The van der Waals surface area contributed by atoms with Crippen LogP contribution >= 0.6 is 11.6 Å². The first kappa shape index (κ1) is 13.1. The first-order valence-electron chi connectivity index (χ1n) is 7.46. The van der Waals surface area contributed by atoms with Crippen molar-refractivity contribution in [3.8, 4) is 0 Å². The van der Waals surface area contributed by atoms with Gasteiger partial charge in [0.2, 0.25) is 0 Å². The first-order valence-corrected chi connectivity index (χ1v) is 7.84. The fraction of sp³-hybridized carbons (Fsp3) is 0.625. The molecule has 0 unspecified atom stereocenters. The van der Waals surface area contributed by atoms with Crippen molar-refractivity contribution in [3.63, 3.8) is 0 Å². The van der Waals surface area contributed by atoms with E-state index in [1.54, 1.807) is 0 Å². The van der Waals surface area contributed by atoms with Crippen molar-refractivity contribution in [1.82, 2.24) is 0 Å². The smallest absolute Gasteiger partial charge is 0.0798 e. The zero-order valence-electron chi connectivity index (χ0n) is 11.9. The van der Waals surface area contributed by atoms with Gasteiger partial charge in [-0.3, -0.25) is 0 Å². The predicted molar refractivity (Wildman–Crippen MR) is 83.4 cm³/mol. The summed E-state index contributed by atoms with van der Waals surface area (Å²) in [6.45, 7) is 5.63. The zero-order chi connectivity index (χ0) is 13.5. The number of rotatable bonds is 1. The highest BCUT2D eigenvalue weighted by atomic mass is 35.5. The summed E-state index contributed by atoms with van der Waals surface area (Å²) in [6.07, 6.45) is 6.62. The minimum Gasteiger partial charge on any atom is -0.381 e. The number of halogens is 1. The van der Waals surface area contributed by atoms with Gasteiger partial charge in [0.15, 0.2) is 0 Å². The number of fused-ring (bicyclic) bond motifs is 1. The van der Waals surface area contributed by atoms with Crippen molar-refractivity contribution >= 4 is 23.0 Å². The van der Waals surface area contributed by atoms with E-state index < -0.39 is 0 Å². The average molecular weight is 279 g/mol. The zero-order valence-corrected chi connectivity index (χ0v) is 12.6. The summed E-state index contributed by atoms with van der Waals surface area (Å²) < 4.78 is 0. The lowest BCUT2D eigenvalue weighted by atomic mass is 9.77. The second-order valence-electron chi connectivity index (χ2n) is 6.24. The van der Waals surface area contributed by atoms with E-state index >= 15 is 0 Å². The molecule has 0 atom stereocenters. The number of nitrogens with zero attached hydrogens (tertiary/aromatic N) is 1. The van der Waals surface area contributed by atoms with Crippen LogP contribution < -0.4 is 10.2 Å². The molecule has 3 rings (SSSR count). The van der Waals surface area contributed by atoms with E-state index in [1.165, 1.54) is 43.5 Å². The van der Waals surface area contributed by atoms with E-state index in [2.05, 4.69) is 30.1 Å². The minimum atomic E-state index is 0.268. The molecule has 2 aliphatic rings. The monoisotopic (exact) mass is 278 g/mol. The van der Waals surface area contributed by atoms with Crippen molar-refractivity contribution in [2.75, 3.05) is 16.8 Å². The normalized spacial score (nSPS) is 21.4. The van der Waals surface area contributed by atoms with E-state index in [0.29, 0.717) is 6.04 Å². The number of para-hydroxylation sites is 1. The molecule has 104 valence electrons. The van der Waals surface area contributed by atoms with Crippen LogP contribution in [0.5, 0.6) is 0 Å². The van der Waals surface area contributed by atoms with Gasteiger partial charge in [-0.2, -0.15) is 0 Å². The fourth-order valence-electron chi connectivity index (χ4n) is 3.92. The lowest BCUT2D eigenvalue weighted by Gasteiger charge is -2.54. The molecule has 0 radical (unpaired) electrons. The fourth-order valence-corrected chi connectivity index (χ4v) is 4.18. The summed E-state index contributed by atoms with van der Waals surface area (Å²) in [5, 5.41) is 4.50. The molecule has 1 aliphatic carbocycles. The highest BCUT2D eigenvalue weighted by Gasteiger charge is 2.43. The predicted octanol–water partition coefficient (Wildman–Crippen LogP) is 4.68. The molecule has 2 nitrogen and oxygen atoms in total. The lowest BCUT2D eigenvalue weighted by molar-refractivity contribution is 0.270. The largest absolute Gasteiger partial charge is 0.381 e. The molecule has 1 N–H and O–H groups in total. The quantitative estimate of drug-likeness (QED) is 0.802. The van der Waals surface area contributed by atoms with Crippen LogP contribution in [0.4, 0.5) is 11.4 Å². The van der Waals surface area contributed by atoms with Gasteiger partial charge in [-0.25, -0.2) is 0 Å². The summed E-state index contributed by atoms with van der Waals surface area (Å²) in [5.41, 5.74) is 2.68. The number of nitrogens with one attached hydrogen (secondary N) is 1. The Hall–Kier alpha value is -0.890. The van der Waals surface area contributed by atoms with Gasteiger partial charge in [0.1, 0.15) is 0 Å². The topological polar surface area (TPSA) is 15.3 Å². The van der Waals surface area contributed by atoms with Gasteiger partial charge >= 0.3 is 0 Å². The third kappa shape index (κ3) is 2.10. The Labute approximate surface area is 121 Å². The molecule has 0 bridgehead atoms. The van der Waals surface area contributed by atoms with Crippen LogP contribution in [-0.2, 0) is 0 Å². The van der Waals surface area contributed by atoms with Crippen LogP contribution in [0, 0.1) is 0 Å². The van der Waals surface area contributed by atoms with E-state index in [9.17, 15) is 0 Å². The molecule has 19 heavy (non-hydrogen) atoms. The maximum Gasteiger partial charge on any atom is 0.0798 e. The Kier molecular flexibility index (Phi) is 3.38. The Morgan fingerprint density at radius 3 is 2.63 bits per heavy atom. The SMILES string of the molecule is CC(C)N1c2c(Cl)cccc2NCC12CCCCC2. The van der Waals surface area contributed by atoms with E-state index in [-0.39, 0.29) is 5.54 Å². The summed E-state index contributed by atoms with van der Waals surface area (Å²) >= 11 is 6.50. The molecule has 1 heterocycles. The molecule has 1 aliphatic heterocycles. The lowest BCUT2D eigenvalue weighted by Crippen LogP contribution is -2.60. The van der Waals surface area contributed by atoms with Gasteiger partial charge in [0.25, 0.3) is 0 Å².